The molecule has 10 heteroatoms. The van der Waals surface area contributed by atoms with Crippen molar-refractivity contribution < 1.29 is 39.5 Å². The molecule has 0 saturated carbocycles. The molecular weight excluding hydrogens is 374 g/mol. The summed E-state index contributed by atoms with van der Waals surface area (Å²) in [5, 5.41) is 0. The van der Waals surface area contributed by atoms with E-state index in [4.69, 9.17) is 0 Å². The molecule has 0 radical (unpaired) electrons. The highest BCUT2D eigenvalue weighted by atomic mass is 19.4. The van der Waals surface area contributed by atoms with Gasteiger partial charge in [-0.05, 0) is 18.8 Å². The lowest BCUT2D eigenvalue weighted by Crippen LogP contribution is -2.23. The highest BCUT2D eigenvalue weighted by Crippen LogP contribution is 2.34. The van der Waals surface area contributed by atoms with Crippen molar-refractivity contribution in [2.45, 2.75) is 38.2 Å². The minimum absolute atomic E-state index is 0.0272. The molecule has 0 nitrogen and oxygen atoms in total. The number of hydrogen-bond acceptors (Lipinski definition) is 0. The fourth-order valence-electron chi connectivity index (χ4n) is 2.06. The molecule has 0 N–H and O–H groups in total. The Morgan fingerprint density at radius 3 is 1.73 bits per heavy atom. The van der Waals surface area contributed by atoms with Crippen LogP contribution in [0.4, 0.5) is 39.5 Å². The minimum Gasteiger partial charge on any atom is -0.166 e. The van der Waals surface area contributed by atoms with Gasteiger partial charge in [0.05, 0.1) is 11.1 Å². The highest BCUT2D eigenvalue weighted by molar-refractivity contribution is 6.55. The first-order valence-corrected chi connectivity index (χ1v) is 7.31. The van der Waals surface area contributed by atoms with Crippen molar-refractivity contribution in [3.8, 4) is 0 Å². The Bertz CT molecular complexity index is 646. The van der Waals surface area contributed by atoms with Gasteiger partial charge in [0, 0.05) is 5.57 Å². The predicted molar refractivity (Wildman–Crippen MR) is 81.6 cm³/mol. The predicted octanol–water partition coefficient (Wildman–Crippen LogP) is 5.66. The van der Waals surface area contributed by atoms with Crippen LogP contribution in [-0.2, 0) is 12.4 Å². The molecule has 0 aliphatic heterocycles. The van der Waals surface area contributed by atoms with E-state index < -0.39 is 41.0 Å². The number of benzene rings is 1. The maximum Gasteiger partial charge on any atom is 0.416 e. The number of allylic oxidation sites excluding steroid dienone is 4. The van der Waals surface area contributed by atoms with Gasteiger partial charge >= 0.3 is 18.5 Å². The zero-order valence-electron chi connectivity index (χ0n) is 13.7. The van der Waals surface area contributed by atoms with Crippen molar-refractivity contribution in [2.75, 3.05) is 0 Å². The standard InChI is InChI=1S/C16H14BF9/c1-9(14(18,19)20)4-3-5-10(2)17-13-7-11(15(21,22)23)6-12(8-13)16(24,25)26/h3-8,10,17H,1-2H3/b5-3-,9-4+. The maximum absolute atomic E-state index is 12.8. The number of halogens is 9. The molecule has 0 amide bonds. The van der Waals surface area contributed by atoms with Crippen molar-refractivity contribution >= 4 is 12.7 Å². The molecule has 144 valence electrons. The summed E-state index contributed by atoms with van der Waals surface area (Å²) < 4.78 is 114. The Morgan fingerprint density at radius 2 is 1.35 bits per heavy atom. The molecule has 26 heavy (non-hydrogen) atoms. The summed E-state index contributed by atoms with van der Waals surface area (Å²) in [5.41, 5.74) is -3.93. The van der Waals surface area contributed by atoms with Crippen LogP contribution in [0, 0.1) is 0 Å². The average molecular weight is 388 g/mol. The topological polar surface area (TPSA) is 0 Å². The average Bonchev–Trinajstić information content (AvgIpc) is 2.43. The van der Waals surface area contributed by atoms with E-state index in [2.05, 4.69) is 0 Å². The molecule has 0 bridgehead atoms. The minimum atomic E-state index is -4.94. The molecule has 1 rings (SSSR count). The van der Waals surface area contributed by atoms with Gasteiger partial charge in [0.2, 0.25) is 0 Å². The fourth-order valence-corrected chi connectivity index (χ4v) is 2.06. The Balaban J connectivity index is 3.05. The van der Waals surface area contributed by atoms with Crippen LogP contribution in [0.3, 0.4) is 0 Å². The lowest BCUT2D eigenvalue weighted by atomic mass is 9.59. The quantitative estimate of drug-likeness (QED) is 0.355. The Labute approximate surface area is 144 Å². The molecule has 0 fully saturated rings. The second-order valence-electron chi connectivity index (χ2n) is 5.83. The first kappa shape index (κ1) is 22.2. The molecule has 0 spiro atoms. The lowest BCUT2D eigenvalue weighted by molar-refractivity contribution is -0.143. The highest BCUT2D eigenvalue weighted by Gasteiger charge is 2.36. The molecule has 1 aromatic carbocycles. The van der Waals surface area contributed by atoms with Gasteiger partial charge in [0.25, 0.3) is 0 Å². The SMILES string of the molecule is C/C(=C\C=C/C(C)Bc1cc(C(F)(F)F)cc(C(F)(F)F)c1)C(F)(F)F. The van der Waals surface area contributed by atoms with Gasteiger partial charge < -0.3 is 0 Å². The van der Waals surface area contributed by atoms with Crippen molar-refractivity contribution in [1.82, 2.24) is 0 Å². The van der Waals surface area contributed by atoms with E-state index in [0.717, 1.165) is 19.1 Å². The normalized spacial score (nSPS) is 15.4. The van der Waals surface area contributed by atoms with Crippen LogP contribution >= 0.6 is 0 Å². The fraction of sp³-hybridized carbons (Fsp3) is 0.375. The first-order valence-electron chi connectivity index (χ1n) is 7.31. The summed E-state index contributed by atoms with van der Waals surface area (Å²) in [5.74, 6) is -0.572. The summed E-state index contributed by atoms with van der Waals surface area (Å²) in [6.07, 6.45) is -11.3. The molecule has 0 saturated heterocycles. The number of rotatable bonds is 4. The Hall–Kier alpha value is -1.87. The van der Waals surface area contributed by atoms with Crippen molar-refractivity contribution in [3.63, 3.8) is 0 Å². The van der Waals surface area contributed by atoms with E-state index in [1.807, 2.05) is 0 Å². The summed E-state index contributed by atoms with van der Waals surface area (Å²) >= 11 is 0. The zero-order chi connectivity index (χ0) is 20.3. The van der Waals surface area contributed by atoms with Crippen LogP contribution in [0.5, 0.6) is 0 Å². The van der Waals surface area contributed by atoms with Gasteiger partial charge in [-0.2, -0.15) is 39.5 Å². The Kier molecular flexibility index (Phi) is 6.65. The monoisotopic (exact) mass is 388 g/mol. The van der Waals surface area contributed by atoms with Crippen LogP contribution in [0.15, 0.2) is 42.0 Å². The van der Waals surface area contributed by atoms with E-state index in [0.29, 0.717) is 12.1 Å². The van der Waals surface area contributed by atoms with E-state index >= 15 is 0 Å². The Morgan fingerprint density at radius 1 is 0.885 bits per heavy atom. The summed E-state index contributed by atoms with van der Waals surface area (Å²) in [7, 11) is -0.192. The van der Waals surface area contributed by atoms with E-state index in [9.17, 15) is 39.5 Å². The van der Waals surface area contributed by atoms with Gasteiger partial charge in [0.15, 0.2) is 7.28 Å². The summed E-state index contributed by atoms with van der Waals surface area (Å²) in [6.45, 7) is 2.32. The van der Waals surface area contributed by atoms with Gasteiger partial charge in [-0.25, -0.2) is 0 Å². The van der Waals surface area contributed by atoms with Crippen molar-refractivity contribution in [3.05, 3.63) is 53.1 Å². The van der Waals surface area contributed by atoms with Crippen LogP contribution < -0.4 is 5.46 Å². The zero-order valence-corrected chi connectivity index (χ0v) is 13.7. The summed E-state index contributed by atoms with van der Waals surface area (Å²) in [4.78, 5) is 0. The molecule has 1 atom stereocenters. The van der Waals surface area contributed by atoms with E-state index in [1.54, 1.807) is 0 Å². The van der Waals surface area contributed by atoms with Gasteiger partial charge in [-0.3, -0.25) is 0 Å². The van der Waals surface area contributed by atoms with E-state index in [-0.39, 0.29) is 18.8 Å². The van der Waals surface area contributed by atoms with Gasteiger partial charge in [0.1, 0.15) is 0 Å². The molecular formula is C16H14BF9. The number of hydrogen-bond donors (Lipinski definition) is 0. The van der Waals surface area contributed by atoms with Crippen molar-refractivity contribution in [2.24, 2.45) is 0 Å². The third-order valence-electron chi connectivity index (χ3n) is 3.44. The first-order chi connectivity index (χ1) is 11.6. The molecule has 0 aromatic heterocycles. The summed E-state index contributed by atoms with van der Waals surface area (Å²) in [6, 6.07) is 1.24. The maximum atomic E-state index is 12.8. The molecule has 1 unspecified atom stereocenters. The largest absolute Gasteiger partial charge is 0.416 e. The molecule has 0 aliphatic carbocycles. The molecule has 0 aliphatic rings. The van der Waals surface area contributed by atoms with Gasteiger partial charge in [-0.15, -0.1) is 0 Å². The van der Waals surface area contributed by atoms with Crippen LogP contribution in [0.1, 0.15) is 25.0 Å². The smallest absolute Gasteiger partial charge is 0.166 e. The van der Waals surface area contributed by atoms with Crippen LogP contribution in [-0.4, -0.2) is 13.5 Å². The molecule has 1 aromatic rings. The van der Waals surface area contributed by atoms with Crippen LogP contribution in [0.25, 0.3) is 0 Å². The van der Waals surface area contributed by atoms with Gasteiger partial charge in [-0.1, -0.05) is 42.7 Å². The second-order valence-corrected chi connectivity index (χ2v) is 5.83. The number of alkyl halides is 9. The lowest BCUT2D eigenvalue weighted by Gasteiger charge is -2.15. The molecule has 0 heterocycles. The third-order valence-corrected chi connectivity index (χ3v) is 3.44. The van der Waals surface area contributed by atoms with E-state index in [1.165, 1.54) is 13.0 Å². The second kappa shape index (κ2) is 7.79. The van der Waals surface area contributed by atoms with Crippen LogP contribution in [0.2, 0.25) is 5.82 Å². The van der Waals surface area contributed by atoms with Crippen molar-refractivity contribution in [1.29, 1.82) is 0 Å². The third kappa shape index (κ3) is 6.80.